The Kier molecular flexibility index (Phi) is 4.29. The number of nitrogens with one attached hydrogen (secondary N) is 1. The average Bonchev–Trinajstić information content (AvgIpc) is 3.21. The number of aryl methyl sites for hydroxylation is 1. The summed E-state index contributed by atoms with van der Waals surface area (Å²) >= 11 is 3.56. The van der Waals surface area contributed by atoms with Gasteiger partial charge in [0.1, 0.15) is 17.2 Å². The quantitative estimate of drug-likeness (QED) is 0.709. The van der Waals surface area contributed by atoms with E-state index in [4.69, 9.17) is 9.72 Å². The van der Waals surface area contributed by atoms with Crippen LogP contribution in [0, 0.1) is 6.92 Å². The average molecular weight is 386 g/mol. The summed E-state index contributed by atoms with van der Waals surface area (Å²) in [6.07, 6.45) is 4.61. The van der Waals surface area contributed by atoms with Gasteiger partial charge in [0.15, 0.2) is 0 Å². The topological polar surface area (TPSA) is 38.6 Å². The third-order valence-corrected chi connectivity index (χ3v) is 4.90. The molecular weight excluding hydrogens is 366 g/mol. The first kappa shape index (κ1) is 15.7. The first-order valence-corrected chi connectivity index (χ1v) is 9.10. The van der Waals surface area contributed by atoms with Crippen molar-refractivity contribution >= 4 is 27.4 Å². The van der Waals surface area contributed by atoms with Gasteiger partial charge in [-0.15, -0.1) is 0 Å². The van der Waals surface area contributed by atoms with Crippen LogP contribution in [0.4, 0.5) is 5.82 Å². The molecular formula is C19H20BrN3O. The highest BCUT2D eigenvalue weighted by Crippen LogP contribution is 2.30. The monoisotopic (exact) mass is 385 g/mol. The Morgan fingerprint density at radius 2 is 2.08 bits per heavy atom. The third kappa shape index (κ3) is 3.06. The van der Waals surface area contributed by atoms with Crippen molar-refractivity contribution in [2.24, 2.45) is 0 Å². The highest BCUT2D eigenvalue weighted by molar-refractivity contribution is 9.10. The minimum absolute atomic E-state index is 0.286. The van der Waals surface area contributed by atoms with Crippen LogP contribution in [0.3, 0.4) is 0 Å². The Morgan fingerprint density at radius 3 is 2.83 bits per heavy atom. The molecule has 0 saturated carbocycles. The van der Waals surface area contributed by atoms with Crippen LogP contribution < -0.4 is 5.32 Å². The van der Waals surface area contributed by atoms with Gasteiger partial charge in [-0.1, -0.05) is 29.8 Å². The van der Waals surface area contributed by atoms with Crippen molar-refractivity contribution in [1.29, 1.82) is 0 Å². The van der Waals surface area contributed by atoms with Gasteiger partial charge in [0.2, 0.25) is 0 Å². The van der Waals surface area contributed by atoms with Gasteiger partial charge < -0.3 is 10.1 Å². The zero-order chi connectivity index (χ0) is 16.5. The summed E-state index contributed by atoms with van der Waals surface area (Å²) in [5.41, 5.74) is 4.28. The summed E-state index contributed by atoms with van der Waals surface area (Å²) in [6, 6.07) is 12.6. The van der Waals surface area contributed by atoms with Crippen LogP contribution in [0.1, 0.15) is 18.4 Å². The van der Waals surface area contributed by atoms with E-state index in [-0.39, 0.29) is 6.10 Å². The number of hydrogen-bond acceptors (Lipinski definition) is 3. The molecule has 1 saturated heterocycles. The fraction of sp³-hybridized carbons (Fsp3) is 0.316. The zero-order valence-electron chi connectivity index (χ0n) is 13.6. The molecule has 5 heteroatoms. The lowest BCUT2D eigenvalue weighted by atomic mass is 10.1. The molecule has 1 fully saturated rings. The van der Waals surface area contributed by atoms with Crippen LogP contribution in [-0.4, -0.2) is 28.6 Å². The molecule has 0 unspecified atom stereocenters. The highest BCUT2D eigenvalue weighted by atomic mass is 79.9. The Morgan fingerprint density at radius 1 is 1.25 bits per heavy atom. The summed E-state index contributed by atoms with van der Waals surface area (Å²) in [7, 11) is 0. The molecule has 0 spiro atoms. The molecule has 1 aromatic carbocycles. The number of nitrogens with zero attached hydrogens (tertiary/aromatic N) is 2. The smallest absolute Gasteiger partial charge is 0.139 e. The van der Waals surface area contributed by atoms with Crippen LogP contribution >= 0.6 is 15.9 Å². The van der Waals surface area contributed by atoms with Crippen LogP contribution in [-0.2, 0) is 4.74 Å². The Balaban J connectivity index is 1.75. The minimum atomic E-state index is 0.286. The van der Waals surface area contributed by atoms with Crippen molar-refractivity contribution in [1.82, 2.24) is 9.38 Å². The van der Waals surface area contributed by atoms with Crippen molar-refractivity contribution in [3.05, 3.63) is 52.6 Å². The van der Waals surface area contributed by atoms with Gasteiger partial charge in [0, 0.05) is 29.4 Å². The first-order chi connectivity index (χ1) is 11.7. The maximum Gasteiger partial charge on any atom is 0.139 e. The zero-order valence-corrected chi connectivity index (χ0v) is 15.2. The van der Waals surface area contributed by atoms with E-state index < -0.39 is 0 Å². The minimum Gasteiger partial charge on any atom is -0.376 e. The van der Waals surface area contributed by atoms with Crippen LogP contribution in [0.25, 0.3) is 16.9 Å². The Hall–Kier alpha value is -1.85. The predicted octanol–water partition coefficient (Wildman–Crippen LogP) is 4.66. The Bertz CT molecular complexity index is 851. The van der Waals surface area contributed by atoms with Crippen molar-refractivity contribution in [3.8, 4) is 11.3 Å². The van der Waals surface area contributed by atoms with Gasteiger partial charge in [-0.2, -0.15) is 0 Å². The number of ether oxygens (including phenoxy) is 1. The second-order valence-corrected chi connectivity index (χ2v) is 7.18. The molecule has 1 aliphatic heterocycles. The normalized spacial score (nSPS) is 17.5. The molecule has 4 rings (SSSR count). The standard InChI is InChI=1S/C19H20BrN3O/c1-13-4-6-14(7-5-13)18-19(21-11-16-3-2-10-24-16)23-12-15(20)8-9-17(23)22-18/h4-9,12,16,21H,2-3,10-11H2,1H3/t16-/m0/s1. The maximum atomic E-state index is 5.75. The van der Waals surface area contributed by atoms with E-state index in [1.807, 2.05) is 12.1 Å². The number of rotatable bonds is 4. The van der Waals surface area contributed by atoms with E-state index in [2.05, 4.69) is 63.0 Å². The first-order valence-electron chi connectivity index (χ1n) is 8.31. The van der Waals surface area contributed by atoms with Crippen molar-refractivity contribution in [2.75, 3.05) is 18.5 Å². The van der Waals surface area contributed by atoms with Crippen LogP contribution in [0.5, 0.6) is 0 Å². The number of aromatic nitrogens is 2. The number of pyridine rings is 1. The fourth-order valence-electron chi connectivity index (χ4n) is 3.12. The molecule has 0 amide bonds. The lowest BCUT2D eigenvalue weighted by Crippen LogP contribution is -2.19. The van der Waals surface area contributed by atoms with E-state index in [0.717, 1.165) is 53.2 Å². The molecule has 3 heterocycles. The van der Waals surface area contributed by atoms with E-state index in [0.29, 0.717) is 0 Å². The fourth-order valence-corrected chi connectivity index (χ4v) is 3.45. The van der Waals surface area contributed by atoms with Gasteiger partial charge in [-0.05, 0) is 47.8 Å². The van der Waals surface area contributed by atoms with Gasteiger partial charge in [0.25, 0.3) is 0 Å². The molecule has 0 aliphatic carbocycles. The van der Waals surface area contributed by atoms with Crippen molar-refractivity contribution in [2.45, 2.75) is 25.9 Å². The molecule has 0 bridgehead atoms. The highest BCUT2D eigenvalue weighted by Gasteiger charge is 2.19. The number of halogens is 1. The second kappa shape index (κ2) is 6.57. The third-order valence-electron chi connectivity index (χ3n) is 4.43. The maximum absolute atomic E-state index is 5.75. The van der Waals surface area contributed by atoms with Gasteiger partial charge in [0.05, 0.1) is 6.10 Å². The lowest BCUT2D eigenvalue weighted by molar-refractivity contribution is 0.120. The molecule has 24 heavy (non-hydrogen) atoms. The largest absolute Gasteiger partial charge is 0.376 e. The van der Waals surface area contributed by atoms with Crippen LogP contribution in [0.2, 0.25) is 0 Å². The number of benzene rings is 1. The molecule has 1 N–H and O–H groups in total. The van der Waals surface area contributed by atoms with Gasteiger partial charge in [-0.25, -0.2) is 4.98 Å². The Labute approximate surface area is 150 Å². The van der Waals surface area contributed by atoms with Gasteiger partial charge in [-0.3, -0.25) is 4.40 Å². The number of fused-ring (bicyclic) bond motifs is 1. The number of hydrogen-bond donors (Lipinski definition) is 1. The molecule has 124 valence electrons. The molecule has 1 atom stereocenters. The van der Waals surface area contributed by atoms with Crippen LogP contribution in [0.15, 0.2) is 47.1 Å². The van der Waals surface area contributed by atoms with E-state index in [9.17, 15) is 0 Å². The van der Waals surface area contributed by atoms with Crippen molar-refractivity contribution in [3.63, 3.8) is 0 Å². The predicted molar refractivity (Wildman–Crippen MR) is 101 cm³/mol. The summed E-state index contributed by atoms with van der Waals surface area (Å²) in [4.78, 5) is 4.84. The number of anilines is 1. The molecule has 2 aromatic heterocycles. The SMILES string of the molecule is Cc1ccc(-c2nc3ccc(Br)cn3c2NC[C@@H]2CCCO2)cc1. The number of imidazole rings is 1. The van der Waals surface area contributed by atoms with Crippen molar-refractivity contribution < 1.29 is 4.74 Å². The molecule has 1 aliphatic rings. The molecule has 0 radical (unpaired) electrons. The lowest BCUT2D eigenvalue weighted by Gasteiger charge is -2.13. The van der Waals surface area contributed by atoms with Gasteiger partial charge >= 0.3 is 0 Å². The summed E-state index contributed by atoms with van der Waals surface area (Å²) < 4.78 is 8.88. The van der Waals surface area contributed by atoms with E-state index in [1.165, 1.54) is 5.56 Å². The molecule has 4 nitrogen and oxygen atoms in total. The van der Waals surface area contributed by atoms with E-state index in [1.54, 1.807) is 0 Å². The summed E-state index contributed by atoms with van der Waals surface area (Å²) in [5.74, 6) is 1.02. The second-order valence-electron chi connectivity index (χ2n) is 6.27. The van der Waals surface area contributed by atoms with E-state index >= 15 is 0 Å². The summed E-state index contributed by atoms with van der Waals surface area (Å²) in [5, 5.41) is 3.57. The summed E-state index contributed by atoms with van der Waals surface area (Å²) in [6.45, 7) is 3.77. The molecule has 3 aromatic rings.